The lowest BCUT2D eigenvalue weighted by atomic mass is 10.3. The van der Waals surface area contributed by atoms with Gasteiger partial charge >= 0.3 is 0 Å². The fourth-order valence-electron chi connectivity index (χ4n) is 1.98. The summed E-state index contributed by atoms with van der Waals surface area (Å²) in [6.45, 7) is 4.09. The van der Waals surface area contributed by atoms with Crippen LogP contribution in [0.3, 0.4) is 0 Å². The van der Waals surface area contributed by atoms with Crippen molar-refractivity contribution >= 4 is 11.8 Å². The molecule has 0 saturated carbocycles. The summed E-state index contributed by atoms with van der Waals surface area (Å²) in [6.07, 6.45) is 1.32. The Morgan fingerprint density at radius 1 is 0.778 bits per heavy atom. The maximum absolute atomic E-state index is 10.9. The first-order valence-corrected chi connectivity index (χ1v) is 6.24. The molecule has 2 saturated heterocycles. The zero-order valence-corrected chi connectivity index (χ0v) is 12.2. The predicted molar refractivity (Wildman–Crippen MR) is 69.2 cm³/mol. The molecule has 0 aromatic carbocycles. The van der Waals surface area contributed by atoms with Crippen LogP contribution in [0.1, 0.15) is 26.7 Å². The summed E-state index contributed by atoms with van der Waals surface area (Å²) in [5, 5.41) is 7.21. The summed E-state index contributed by atoms with van der Waals surface area (Å²) < 4.78 is 0. The number of hydrogen-bond acceptors (Lipinski definition) is 4. The van der Waals surface area contributed by atoms with Crippen molar-refractivity contribution in [2.75, 3.05) is 28.2 Å². The van der Waals surface area contributed by atoms with Crippen molar-refractivity contribution in [1.82, 2.24) is 20.0 Å². The zero-order valence-electron chi connectivity index (χ0n) is 12.2. The van der Waals surface area contributed by atoms with Crippen LogP contribution < -0.4 is 0 Å². The molecule has 2 amide bonds. The largest absolute Gasteiger partial charge is 0.278 e. The molecular formula is C12H24N4O2. The topological polar surface area (TPSA) is 47.1 Å². The van der Waals surface area contributed by atoms with Crippen LogP contribution >= 0.6 is 0 Å². The summed E-state index contributed by atoms with van der Waals surface area (Å²) >= 11 is 0. The first-order chi connectivity index (χ1) is 8.25. The maximum Gasteiger partial charge on any atom is 0.238 e. The van der Waals surface area contributed by atoms with E-state index in [-0.39, 0.29) is 11.8 Å². The molecule has 0 spiro atoms. The lowest BCUT2D eigenvalue weighted by molar-refractivity contribution is -0.135. The van der Waals surface area contributed by atoms with Crippen LogP contribution in [-0.2, 0) is 9.59 Å². The molecule has 6 heteroatoms. The van der Waals surface area contributed by atoms with Crippen LogP contribution in [0, 0.1) is 0 Å². The second kappa shape index (κ2) is 5.67. The summed E-state index contributed by atoms with van der Waals surface area (Å²) in [5.41, 5.74) is 0. The van der Waals surface area contributed by atoms with Crippen LogP contribution in [0.25, 0.3) is 0 Å². The third kappa shape index (κ3) is 3.00. The van der Waals surface area contributed by atoms with Gasteiger partial charge in [0, 0.05) is 53.1 Å². The van der Waals surface area contributed by atoms with Gasteiger partial charge in [-0.25, -0.2) is 10.0 Å². The Morgan fingerprint density at radius 3 is 1.11 bits per heavy atom. The van der Waals surface area contributed by atoms with E-state index < -0.39 is 0 Å². The number of hydrazine groups is 2. The van der Waals surface area contributed by atoms with E-state index in [4.69, 9.17) is 0 Å². The van der Waals surface area contributed by atoms with Crippen LogP contribution in [0.4, 0.5) is 0 Å². The molecule has 2 fully saturated rings. The highest BCUT2D eigenvalue weighted by Crippen LogP contribution is 2.14. The minimum Gasteiger partial charge on any atom is -0.278 e. The first kappa shape index (κ1) is 14.9. The molecule has 104 valence electrons. The summed E-state index contributed by atoms with van der Waals surface area (Å²) in [4.78, 5) is 21.8. The lowest BCUT2D eigenvalue weighted by Crippen LogP contribution is -2.34. The van der Waals surface area contributed by atoms with Gasteiger partial charge in [-0.3, -0.25) is 19.6 Å². The van der Waals surface area contributed by atoms with E-state index in [2.05, 4.69) is 0 Å². The quantitative estimate of drug-likeness (QED) is 0.620. The molecule has 0 N–H and O–H groups in total. The highest BCUT2D eigenvalue weighted by molar-refractivity contribution is 5.78. The fraction of sp³-hybridized carbons (Fsp3) is 0.833. The Bertz CT molecular complexity index is 302. The number of carbonyl (C=O) groups is 2. The molecule has 2 atom stereocenters. The van der Waals surface area contributed by atoms with Crippen LogP contribution in [-0.4, -0.2) is 72.1 Å². The number of carbonyl (C=O) groups excluding carboxylic acids is 2. The fourth-order valence-corrected chi connectivity index (χ4v) is 1.98. The van der Waals surface area contributed by atoms with Gasteiger partial charge in [-0.2, -0.15) is 0 Å². The van der Waals surface area contributed by atoms with Crippen molar-refractivity contribution in [3.8, 4) is 0 Å². The smallest absolute Gasteiger partial charge is 0.238 e. The van der Waals surface area contributed by atoms with Gasteiger partial charge < -0.3 is 0 Å². The Labute approximate surface area is 109 Å². The maximum atomic E-state index is 10.9. The van der Waals surface area contributed by atoms with Gasteiger partial charge in [-0.05, 0) is 13.8 Å². The Balaban J connectivity index is 0.000000180. The van der Waals surface area contributed by atoms with Gasteiger partial charge in [-0.1, -0.05) is 0 Å². The van der Waals surface area contributed by atoms with E-state index in [1.165, 1.54) is 0 Å². The molecule has 0 aliphatic carbocycles. The van der Waals surface area contributed by atoms with Crippen molar-refractivity contribution in [3.05, 3.63) is 0 Å². The van der Waals surface area contributed by atoms with E-state index in [9.17, 15) is 9.59 Å². The number of rotatable bonds is 0. The molecule has 2 unspecified atom stereocenters. The molecule has 2 aliphatic rings. The molecule has 18 heavy (non-hydrogen) atoms. The second-order valence-electron chi connectivity index (χ2n) is 5.09. The van der Waals surface area contributed by atoms with Crippen molar-refractivity contribution in [2.45, 2.75) is 38.8 Å². The zero-order chi connectivity index (χ0) is 14.0. The van der Waals surface area contributed by atoms with Gasteiger partial charge in [0.2, 0.25) is 11.8 Å². The minimum absolute atomic E-state index is 0.213. The van der Waals surface area contributed by atoms with Crippen LogP contribution in [0.15, 0.2) is 0 Å². The number of nitrogens with zero attached hydrogens (tertiary/aromatic N) is 4. The summed E-state index contributed by atoms with van der Waals surface area (Å²) in [5.74, 6) is 0.426. The van der Waals surface area contributed by atoms with Crippen LogP contribution in [0.5, 0.6) is 0 Å². The second-order valence-corrected chi connectivity index (χ2v) is 5.09. The van der Waals surface area contributed by atoms with Crippen molar-refractivity contribution in [2.24, 2.45) is 0 Å². The van der Waals surface area contributed by atoms with Gasteiger partial charge in [-0.15, -0.1) is 0 Å². The van der Waals surface area contributed by atoms with E-state index in [0.717, 1.165) is 0 Å². The Hall–Kier alpha value is -1.14. The van der Waals surface area contributed by atoms with E-state index in [0.29, 0.717) is 24.9 Å². The SMILES string of the molecule is CC1CC(=O)N(C)N1C.CC1CC(=O)N(C)N1C. The average molecular weight is 256 g/mol. The van der Waals surface area contributed by atoms with E-state index in [1.807, 2.05) is 38.0 Å². The molecule has 0 aromatic heterocycles. The molecule has 6 nitrogen and oxygen atoms in total. The van der Waals surface area contributed by atoms with Crippen molar-refractivity contribution in [1.29, 1.82) is 0 Å². The van der Waals surface area contributed by atoms with Crippen molar-refractivity contribution in [3.63, 3.8) is 0 Å². The molecule has 2 aliphatic heterocycles. The first-order valence-electron chi connectivity index (χ1n) is 6.24. The summed E-state index contributed by atoms with van der Waals surface area (Å²) in [7, 11) is 7.45. The van der Waals surface area contributed by atoms with Gasteiger partial charge in [0.15, 0.2) is 0 Å². The Morgan fingerprint density at radius 2 is 1.06 bits per heavy atom. The van der Waals surface area contributed by atoms with E-state index >= 15 is 0 Å². The van der Waals surface area contributed by atoms with Gasteiger partial charge in [0.05, 0.1) is 0 Å². The third-order valence-electron chi connectivity index (χ3n) is 3.88. The minimum atomic E-state index is 0.213. The van der Waals surface area contributed by atoms with Gasteiger partial charge in [0.25, 0.3) is 0 Å². The standard InChI is InChI=1S/2C6H12N2O/c2*1-5-4-6(9)8(3)7(5)2/h2*5H,4H2,1-3H3. The molecule has 0 bridgehead atoms. The number of amides is 2. The van der Waals surface area contributed by atoms with E-state index in [1.54, 1.807) is 24.1 Å². The molecular weight excluding hydrogens is 232 g/mol. The highest BCUT2D eigenvalue weighted by atomic mass is 16.2. The molecule has 0 radical (unpaired) electrons. The third-order valence-corrected chi connectivity index (χ3v) is 3.88. The summed E-state index contributed by atoms with van der Waals surface area (Å²) in [6, 6.07) is 0.755. The van der Waals surface area contributed by atoms with Crippen molar-refractivity contribution < 1.29 is 9.59 Å². The molecule has 2 heterocycles. The lowest BCUT2D eigenvalue weighted by Gasteiger charge is -2.21. The predicted octanol–water partition coefficient (Wildman–Crippen LogP) is 0.168. The van der Waals surface area contributed by atoms with Crippen LogP contribution in [0.2, 0.25) is 0 Å². The Kier molecular flexibility index (Phi) is 4.70. The molecule has 0 aromatic rings. The normalized spacial score (nSPS) is 29.9. The van der Waals surface area contributed by atoms with Gasteiger partial charge in [0.1, 0.15) is 0 Å². The molecule has 2 rings (SSSR count). The average Bonchev–Trinajstić information content (AvgIpc) is 2.66. The number of hydrogen-bond donors (Lipinski definition) is 0. The highest BCUT2D eigenvalue weighted by Gasteiger charge is 2.29. The monoisotopic (exact) mass is 256 g/mol.